The molecule has 79 heavy (non-hydrogen) atoms. The second kappa shape index (κ2) is 31.6. The first-order valence-corrected chi connectivity index (χ1v) is 31.6. The van der Waals surface area contributed by atoms with Gasteiger partial charge in [-0.1, -0.05) is 131 Å². The van der Waals surface area contributed by atoms with Gasteiger partial charge in [-0.15, -0.1) is 0 Å². The maximum absolute atomic E-state index is 13.9. The number of nitrogens with zero attached hydrogens (tertiary/aromatic N) is 5. The predicted octanol–water partition coefficient (Wildman–Crippen LogP) is 14.3. The molecule has 1 atom stereocenters. The van der Waals surface area contributed by atoms with E-state index in [1.807, 2.05) is 72.2 Å². The van der Waals surface area contributed by atoms with Gasteiger partial charge < -0.3 is 14.5 Å². The Morgan fingerprint density at radius 1 is 0.671 bits per heavy atom. The van der Waals surface area contributed by atoms with Crippen LogP contribution in [0.3, 0.4) is 0 Å². The molecule has 4 aromatic carbocycles. The van der Waals surface area contributed by atoms with Crippen LogP contribution < -0.4 is 9.80 Å². The maximum atomic E-state index is 13.9. The van der Waals surface area contributed by atoms with Crippen molar-refractivity contribution in [2.75, 3.05) is 73.8 Å². The smallest absolute Gasteiger partial charge is 0.253 e. The molecular weight excluding hydrogens is 1030 g/mol. The van der Waals surface area contributed by atoms with Crippen LogP contribution >= 0.6 is 11.5 Å². The van der Waals surface area contributed by atoms with Crippen LogP contribution in [0.25, 0.3) is 0 Å². The Morgan fingerprint density at radius 2 is 1.19 bits per heavy atom. The van der Waals surface area contributed by atoms with Crippen LogP contribution in [0.5, 0.6) is 0 Å². The molecule has 1 unspecified atom stereocenters. The van der Waals surface area contributed by atoms with Gasteiger partial charge in [0.2, 0.25) is 11.8 Å². The van der Waals surface area contributed by atoms with Gasteiger partial charge in [0.1, 0.15) is 5.82 Å². The Balaban J connectivity index is 0.000000184. The van der Waals surface area contributed by atoms with Crippen LogP contribution in [0, 0.1) is 18.7 Å². The summed E-state index contributed by atoms with van der Waals surface area (Å²) in [5, 5.41) is 0. The fourth-order valence-corrected chi connectivity index (χ4v) is 11.6. The Hall–Kier alpha value is -5.28. The van der Waals surface area contributed by atoms with E-state index in [1.54, 1.807) is 17.6 Å². The molecule has 0 spiro atoms. The minimum Gasteiger partial charge on any atom is -0.378 e. The van der Waals surface area contributed by atoms with Crippen molar-refractivity contribution in [3.8, 4) is 0 Å². The number of sulfone groups is 1. The first-order valence-electron chi connectivity index (χ1n) is 29.0. The van der Waals surface area contributed by atoms with Crippen molar-refractivity contribution in [3.05, 3.63) is 147 Å². The molecule has 11 nitrogen and oxygen atoms in total. The van der Waals surface area contributed by atoms with Gasteiger partial charge in [0.15, 0.2) is 9.84 Å². The lowest BCUT2D eigenvalue weighted by atomic mass is 9.93. The minimum absolute atomic E-state index is 0.0116. The van der Waals surface area contributed by atoms with Crippen molar-refractivity contribution in [2.45, 2.75) is 158 Å². The van der Waals surface area contributed by atoms with Gasteiger partial charge in [-0.05, 0) is 150 Å². The summed E-state index contributed by atoms with van der Waals surface area (Å²) in [6, 6.07) is 32.2. The summed E-state index contributed by atoms with van der Waals surface area (Å²) in [4.78, 5) is 45.5. The average Bonchev–Trinajstić information content (AvgIpc) is 3.89. The number of imide groups is 1. The fourth-order valence-electron chi connectivity index (χ4n) is 9.56. The van der Waals surface area contributed by atoms with Crippen molar-refractivity contribution in [3.63, 3.8) is 0 Å². The monoisotopic (exact) mass is 1120 g/mol. The number of carbonyl (C=O) groups excluding carboxylic acids is 3. The molecule has 4 aliphatic heterocycles. The number of halogens is 1. The summed E-state index contributed by atoms with van der Waals surface area (Å²) in [5.41, 5.74) is 9.55. The highest BCUT2D eigenvalue weighted by Crippen LogP contribution is 2.29. The number of rotatable bonds is 11. The number of anilines is 2. The summed E-state index contributed by atoms with van der Waals surface area (Å²) < 4.78 is 46.0. The van der Waals surface area contributed by atoms with Crippen molar-refractivity contribution in [1.29, 1.82) is 0 Å². The number of piperidine rings is 2. The fraction of sp³-hybridized carbons (Fsp3) is 0.538. The molecule has 3 amide bonds. The predicted molar refractivity (Wildman–Crippen MR) is 325 cm³/mol. The molecule has 9 rings (SSSR count). The van der Waals surface area contributed by atoms with Gasteiger partial charge in [0.05, 0.1) is 41.8 Å². The van der Waals surface area contributed by atoms with E-state index < -0.39 is 9.84 Å². The summed E-state index contributed by atoms with van der Waals surface area (Å²) >= 11 is 1.61. The zero-order chi connectivity index (χ0) is 57.8. The maximum Gasteiger partial charge on any atom is 0.253 e. The second-order valence-corrected chi connectivity index (χ2v) is 26.0. The molecule has 0 radical (unpaired) electrons. The first kappa shape index (κ1) is 64.5. The van der Waals surface area contributed by atoms with Gasteiger partial charge >= 0.3 is 0 Å². The molecule has 1 aromatic heterocycles. The Bertz CT molecular complexity index is 2750. The van der Waals surface area contributed by atoms with E-state index in [0.29, 0.717) is 91.6 Å². The molecule has 0 saturated carbocycles. The minimum atomic E-state index is -2.77. The lowest BCUT2D eigenvalue weighted by Crippen LogP contribution is -2.45. The number of aromatic nitrogens is 1. The Labute approximate surface area is 478 Å². The second-order valence-electron chi connectivity index (χ2n) is 22.9. The van der Waals surface area contributed by atoms with Crippen LogP contribution in [-0.2, 0) is 30.7 Å². The van der Waals surface area contributed by atoms with Gasteiger partial charge in [-0.2, -0.15) is 4.37 Å². The average molecular weight is 1120 g/mol. The molecule has 0 aliphatic carbocycles. The third kappa shape index (κ3) is 20.3. The van der Waals surface area contributed by atoms with Crippen LogP contribution in [0.15, 0.2) is 97.1 Å². The van der Waals surface area contributed by atoms with Crippen LogP contribution in [0.1, 0.15) is 193 Å². The molecule has 14 heteroatoms. The topological polar surface area (TPSA) is 120 Å². The molecule has 4 aliphatic rings. The van der Waals surface area contributed by atoms with Gasteiger partial charge in [-0.3, -0.25) is 24.2 Å². The summed E-state index contributed by atoms with van der Waals surface area (Å²) in [5.74, 6) is 3.08. The zero-order valence-electron chi connectivity index (χ0n) is 49.6. The van der Waals surface area contributed by atoms with E-state index in [4.69, 9.17) is 4.74 Å². The molecule has 0 bridgehead atoms. The largest absolute Gasteiger partial charge is 0.378 e. The first-order chi connectivity index (χ1) is 37.6. The van der Waals surface area contributed by atoms with Gasteiger partial charge in [0.25, 0.3) is 5.91 Å². The van der Waals surface area contributed by atoms with Gasteiger partial charge in [0, 0.05) is 68.6 Å². The Kier molecular flexibility index (Phi) is 25.9. The molecule has 4 fully saturated rings. The van der Waals surface area contributed by atoms with E-state index in [1.165, 1.54) is 38.5 Å². The van der Waals surface area contributed by atoms with Crippen molar-refractivity contribution >= 4 is 50.5 Å². The van der Waals surface area contributed by atoms with E-state index in [9.17, 15) is 27.2 Å². The number of hydrogen-bond donors (Lipinski definition) is 0. The SMILES string of the molecule is CC(C)c1ccc(C(=O)N2CCCCC2)cc1.CC(C)c1ccc(CN2CCS(=O)(=O)CC2)cc1.CC(C)c1ccc(N2CCOCC2)c(F)c1.CCC1CCC(=O)N(c2ccc(C(C)C)cc2)C1=O.Cc1cc(C(C)C)sn1. The van der Waals surface area contributed by atoms with E-state index in [2.05, 4.69) is 121 Å². The molecule has 5 heterocycles. The molecule has 5 aromatic rings. The summed E-state index contributed by atoms with van der Waals surface area (Å²) in [6.07, 6.45) is 5.51. The van der Waals surface area contributed by atoms with Crippen LogP contribution in [0.4, 0.5) is 15.8 Å². The standard InChI is InChI=1S/C16H21NO2.C15H21NO.C14H21NO2S.C13H18FNO.C7H11NS/c1-4-12-7-10-15(18)17(16(12)19)14-8-5-13(6-9-14)11(2)3;1-12(2)13-6-8-14(9-7-13)15(17)16-10-4-3-5-11-16;1-12(2)14-5-3-13(4-6-14)11-15-7-9-18(16,17)10-8-15;1-10(2)11-3-4-13(12(14)9-11)15-5-7-16-8-6-15;1-5(2)7-4-6(3)8-9-7/h5-6,8-9,11-12H,4,7,10H2,1-3H3;6-9,12H,3-5,10-11H2,1-2H3;3-6,12H,7-11H2,1-2H3;3-4,9-10H,5-8H2,1-2H3;4-5H,1-3H3. The number of benzene rings is 4. The Morgan fingerprint density at radius 3 is 1.66 bits per heavy atom. The van der Waals surface area contributed by atoms with Crippen molar-refractivity contribution in [2.24, 2.45) is 5.92 Å². The van der Waals surface area contributed by atoms with Crippen molar-refractivity contribution in [1.82, 2.24) is 14.2 Å². The molecule has 432 valence electrons. The number of morpholine rings is 1. The zero-order valence-corrected chi connectivity index (χ0v) is 51.2. The number of hydrogen-bond acceptors (Lipinski definition) is 10. The summed E-state index contributed by atoms with van der Waals surface area (Å²) in [7, 11) is -2.77. The number of likely N-dealkylation sites (tertiary alicyclic amines) is 1. The third-order valence-corrected chi connectivity index (χ3v) is 17.8. The third-order valence-electron chi connectivity index (χ3n) is 15.0. The number of amides is 3. The van der Waals surface area contributed by atoms with Crippen molar-refractivity contribution < 1.29 is 31.9 Å². The number of carbonyl (C=O) groups is 3. The van der Waals surface area contributed by atoms with E-state index in [0.717, 1.165) is 68.8 Å². The van der Waals surface area contributed by atoms with E-state index in [-0.39, 0.29) is 29.5 Å². The quantitative estimate of drug-likeness (QED) is 0.119. The highest BCUT2D eigenvalue weighted by Gasteiger charge is 2.34. The van der Waals surface area contributed by atoms with Crippen LogP contribution in [0.2, 0.25) is 0 Å². The van der Waals surface area contributed by atoms with Crippen LogP contribution in [-0.4, -0.2) is 104 Å². The normalized spacial score (nSPS) is 17.6. The lowest BCUT2D eigenvalue weighted by molar-refractivity contribution is -0.132. The molecule has 4 saturated heterocycles. The number of aryl methyl sites for hydroxylation is 1. The van der Waals surface area contributed by atoms with E-state index >= 15 is 0 Å². The lowest BCUT2D eigenvalue weighted by Gasteiger charge is -2.30. The summed E-state index contributed by atoms with van der Waals surface area (Å²) in [6.45, 7) is 32.4. The van der Waals surface area contributed by atoms with Gasteiger partial charge in [-0.25, -0.2) is 12.8 Å². The molecular formula is C65H92FN5O6S2. The highest BCUT2D eigenvalue weighted by atomic mass is 32.2. The highest BCUT2D eigenvalue weighted by molar-refractivity contribution is 7.91. The number of ether oxygens (including phenoxy) is 1. The molecule has 0 N–H and O–H groups in total.